The van der Waals surface area contributed by atoms with Gasteiger partial charge in [0.15, 0.2) is 0 Å². The van der Waals surface area contributed by atoms with Crippen LogP contribution < -0.4 is 11.1 Å². The molecule has 0 heterocycles. The van der Waals surface area contributed by atoms with Crippen molar-refractivity contribution in [2.45, 2.75) is 17.6 Å². The first kappa shape index (κ1) is 17.1. The van der Waals surface area contributed by atoms with Crippen LogP contribution in [0.25, 0.3) is 0 Å². The minimum absolute atomic E-state index is 0.0690. The molecule has 0 bridgehead atoms. The zero-order chi connectivity index (χ0) is 15.7. The van der Waals surface area contributed by atoms with Gasteiger partial charge in [0.2, 0.25) is 5.91 Å². The second-order valence-corrected chi connectivity index (χ2v) is 5.15. The maximum atomic E-state index is 12.0. The van der Waals surface area contributed by atoms with Gasteiger partial charge in [0.05, 0.1) is 12.2 Å². The molecule has 112 valence electrons. The van der Waals surface area contributed by atoms with E-state index in [-0.39, 0.29) is 18.9 Å². The molecule has 0 aliphatic rings. The van der Waals surface area contributed by atoms with Crippen molar-refractivity contribution in [1.29, 1.82) is 0 Å². The third-order valence-electron chi connectivity index (χ3n) is 2.41. The lowest BCUT2D eigenvalue weighted by atomic mass is 10.1. The zero-order valence-electron chi connectivity index (χ0n) is 11.8. The summed E-state index contributed by atoms with van der Waals surface area (Å²) in [6.07, 6.45) is 0.807. The highest BCUT2D eigenvalue weighted by Crippen LogP contribution is 2.24. The molecule has 1 rings (SSSR count). The highest BCUT2D eigenvalue weighted by atomic mass is 32.2. The molecular formula is C13H17BN2O4S. The monoisotopic (exact) mass is 308 g/mol. The summed E-state index contributed by atoms with van der Waals surface area (Å²) in [6.45, 7) is 0.506. The van der Waals surface area contributed by atoms with Gasteiger partial charge in [0, 0.05) is 17.9 Å². The Labute approximate surface area is 128 Å². The number of ether oxygens (including phenoxy) is 1. The van der Waals surface area contributed by atoms with Gasteiger partial charge in [-0.2, -0.15) is 0 Å². The summed E-state index contributed by atoms with van der Waals surface area (Å²) in [5.41, 5.74) is 5.37. The van der Waals surface area contributed by atoms with Gasteiger partial charge < -0.3 is 15.8 Å². The molecule has 0 radical (unpaired) electrons. The number of nitrogens with one attached hydrogen (secondary N) is 1. The number of rotatable bonds is 7. The van der Waals surface area contributed by atoms with Crippen molar-refractivity contribution in [3.05, 3.63) is 29.8 Å². The predicted octanol–water partition coefficient (Wildman–Crippen LogP) is 0.572. The highest BCUT2D eigenvalue weighted by molar-refractivity contribution is 8.13. The van der Waals surface area contributed by atoms with E-state index in [1.54, 1.807) is 24.3 Å². The number of primary amides is 1. The first-order valence-corrected chi connectivity index (χ1v) is 7.36. The normalized spacial score (nSPS) is 9.90. The van der Waals surface area contributed by atoms with E-state index in [2.05, 4.69) is 5.32 Å². The first-order chi connectivity index (χ1) is 10.0. The molecule has 0 aromatic heterocycles. The van der Waals surface area contributed by atoms with Crippen molar-refractivity contribution >= 4 is 36.7 Å². The van der Waals surface area contributed by atoms with Gasteiger partial charge in [-0.05, 0) is 30.2 Å². The Hall–Kier alpha value is -1.96. The van der Waals surface area contributed by atoms with E-state index in [9.17, 15) is 14.4 Å². The van der Waals surface area contributed by atoms with Crippen LogP contribution in [-0.4, -0.2) is 38.1 Å². The average molecular weight is 308 g/mol. The molecule has 8 heteroatoms. The topological polar surface area (TPSA) is 98.5 Å². The van der Waals surface area contributed by atoms with Crippen LogP contribution in [0.3, 0.4) is 0 Å². The molecule has 0 saturated carbocycles. The van der Waals surface area contributed by atoms with Gasteiger partial charge >= 0.3 is 5.30 Å². The summed E-state index contributed by atoms with van der Waals surface area (Å²) >= 11 is 0.865. The molecule has 3 N–H and O–H groups in total. The number of hydrogen-bond donors (Lipinski definition) is 2. The molecule has 0 aliphatic carbocycles. The van der Waals surface area contributed by atoms with E-state index in [0.29, 0.717) is 17.1 Å². The maximum absolute atomic E-state index is 12.0. The molecule has 0 saturated heterocycles. The fourth-order valence-electron chi connectivity index (χ4n) is 1.44. The standard InChI is InChI=1S/C13H17BN2O4S/c14-6-8-20-13(19)21-10-4-2-1-3-9(10)12(18)16-7-5-11(15)17/h1-4H,5-8,14H2,(H2,15,17)(H,16,18). The first-order valence-electron chi connectivity index (χ1n) is 6.54. The maximum Gasteiger partial charge on any atom is 0.372 e. The molecule has 0 fully saturated rings. The van der Waals surface area contributed by atoms with Gasteiger partial charge in [0.25, 0.3) is 5.91 Å². The molecule has 0 aliphatic heterocycles. The quantitative estimate of drug-likeness (QED) is 0.436. The Morgan fingerprint density at radius 3 is 2.67 bits per heavy atom. The summed E-state index contributed by atoms with van der Waals surface area (Å²) in [6, 6.07) is 6.70. The zero-order valence-corrected chi connectivity index (χ0v) is 12.6. The largest absolute Gasteiger partial charge is 0.458 e. The van der Waals surface area contributed by atoms with E-state index >= 15 is 0 Å². The van der Waals surface area contributed by atoms with Gasteiger partial charge in [-0.15, -0.1) is 0 Å². The highest BCUT2D eigenvalue weighted by Gasteiger charge is 2.15. The number of benzene rings is 1. The third kappa shape index (κ3) is 6.35. The van der Waals surface area contributed by atoms with E-state index in [1.165, 1.54) is 0 Å². The second kappa shape index (κ2) is 9.07. The van der Waals surface area contributed by atoms with Crippen LogP contribution in [0.5, 0.6) is 0 Å². The number of amides is 2. The Morgan fingerprint density at radius 1 is 1.29 bits per heavy atom. The van der Waals surface area contributed by atoms with Crippen molar-refractivity contribution in [3.63, 3.8) is 0 Å². The van der Waals surface area contributed by atoms with Gasteiger partial charge in [-0.1, -0.05) is 12.1 Å². The molecule has 21 heavy (non-hydrogen) atoms. The third-order valence-corrected chi connectivity index (χ3v) is 3.27. The lowest BCUT2D eigenvalue weighted by Gasteiger charge is -2.09. The number of hydrogen-bond acceptors (Lipinski definition) is 5. The van der Waals surface area contributed by atoms with Gasteiger partial charge in [-0.25, -0.2) is 4.79 Å². The lowest BCUT2D eigenvalue weighted by Crippen LogP contribution is -2.28. The average Bonchev–Trinajstić information content (AvgIpc) is 2.45. The van der Waals surface area contributed by atoms with E-state index in [1.807, 2.05) is 7.85 Å². The SMILES string of the molecule is BCCOC(=O)Sc1ccccc1C(=O)NCCC(N)=O. The fraction of sp³-hybridized carbons (Fsp3) is 0.308. The Bertz CT molecular complexity index is 525. The molecule has 0 unspecified atom stereocenters. The second-order valence-electron chi connectivity index (χ2n) is 4.17. The van der Waals surface area contributed by atoms with E-state index < -0.39 is 11.2 Å². The minimum Gasteiger partial charge on any atom is -0.458 e. The minimum atomic E-state index is -0.485. The molecule has 0 spiro atoms. The smallest absolute Gasteiger partial charge is 0.372 e. The summed E-state index contributed by atoms with van der Waals surface area (Å²) in [5, 5.41) is 2.13. The van der Waals surface area contributed by atoms with E-state index in [0.717, 1.165) is 18.1 Å². The molecule has 1 aromatic rings. The van der Waals surface area contributed by atoms with Crippen molar-refractivity contribution in [1.82, 2.24) is 5.32 Å². The van der Waals surface area contributed by atoms with Gasteiger partial charge in [-0.3, -0.25) is 9.59 Å². The van der Waals surface area contributed by atoms with Gasteiger partial charge in [0.1, 0.15) is 7.85 Å². The van der Waals surface area contributed by atoms with Crippen LogP contribution in [-0.2, 0) is 9.53 Å². The van der Waals surface area contributed by atoms with Crippen LogP contribution in [0.15, 0.2) is 29.2 Å². The van der Waals surface area contributed by atoms with Crippen LogP contribution in [0.1, 0.15) is 16.8 Å². The molecular weight excluding hydrogens is 291 g/mol. The van der Waals surface area contributed by atoms with Crippen molar-refractivity contribution in [3.8, 4) is 0 Å². The van der Waals surface area contributed by atoms with Crippen LogP contribution in [0.2, 0.25) is 6.32 Å². The van der Waals surface area contributed by atoms with Crippen molar-refractivity contribution in [2.75, 3.05) is 13.2 Å². The van der Waals surface area contributed by atoms with Crippen molar-refractivity contribution in [2.24, 2.45) is 5.73 Å². The number of thioether (sulfide) groups is 1. The molecule has 2 amide bonds. The number of carbonyl (C=O) groups excluding carboxylic acids is 3. The van der Waals surface area contributed by atoms with Crippen LogP contribution in [0, 0.1) is 0 Å². The summed E-state index contributed by atoms with van der Waals surface area (Å²) in [7, 11) is 1.90. The Morgan fingerprint density at radius 2 is 2.00 bits per heavy atom. The molecule has 1 aromatic carbocycles. The fourth-order valence-corrected chi connectivity index (χ4v) is 2.18. The molecule has 6 nitrogen and oxygen atoms in total. The number of carbonyl (C=O) groups is 3. The summed E-state index contributed by atoms with van der Waals surface area (Å²) in [4.78, 5) is 34.8. The Balaban J connectivity index is 2.67. The summed E-state index contributed by atoms with van der Waals surface area (Å²) < 4.78 is 4.97. The van der Waals surface area contributed by atoms with Crippen LogP contribution >= 0.6 is 11.8 Å². The molecule has 0 atom stereocenters. The Kier molecular flexibility index (Phi) is 7.38. The summed E-state index contributed by atoms with van der Waals surface area (Å²) in [5.74, 6) is -0.844. The van der Waals surface area contributed by atoms with E-state index in [4.69, 9.17) is 10.5 Å². The van der Waals surface area contributed by atoms with Crippen molar-refractivity contribution < 1.29 is 19.1 Å². The number of nitrogens with two attached hydrogens (primary N) is 1. The predicted molar refractivity (Wildman–Crippen MR) is 83.1 cm³/mol. The lowest BCUT2D eigenvalue weighted by molar-refractivity contribution is -0.117. The van der Waals surface area contributed by atoms with Crippen LogP contribution in [0.4, 0.5) is 4.79 Å².